The molecule has 0 bridgehead atoms. The summed E-state index contributed by atoms with van der Waals surface area (Å²) in [4.78, 5) is 18.8. The second kappa shape index (κ2) is 5.52. The smallest absolute Gasteiger partial charge is 0.358 e. The van der Waals surface area contributed by atoms with Crippen LogP contribution in [0.2, 0.25) is 0 Å². The van der Waals surface area contributed by atoms with Crippen molar-refractivity contribution < 1.29 is 13.9 Å². The molecule has 0 aliphatic heterocycles. The van der Waals surface area contributed by atoms with Gasteiger partial charge in [0.2, 0.25) is 0 Å². The van der Waals surface area contributed by atoms with Crippen LogP contribution < -0.4 is 0 Å². The van der Waals surface area contributed by atoms with Crippen LogP contribution in [0.1, 0.15) is 23.1 Å². The summed E-state index contributed by atoms with van der Waals surface area (Å²) in [5.74, 6) is -0.434. The van der Waals surface area contributed by atoms with Gasteiger partial charge < -0.3 is 9.72 Å². The number of hydrogen-bond donors (Lipinski definition) is 1. The quantitative estimate of drug-likeness (QED) is 0.879. The van der Waals surface area contributed by atoms with Gasteiger partial charge in [0.15, 0.2) is 5.69 Å². The van der Waals surface area contributed by atoms with Crippen LogP contribution in [0.4, 0.5) is 4.39 Å². The molecule has 0 amide bonds. The first-order chi connectivity index (χ1) is 9.02. The lowest BCUT2D eigenvalue weighted by atomic mass is 10.2. The Kier molecular flexibility index (Phi) is 3.99. The fourth-order valence-corrected chi connectivity index (χ4v) is 1.89. The number of benzene rings is 1. The van der Waals surface area contributed by atoms with E-state index in [0.717, 1.165) is 0 Å². The van der Waals surface area contributed by atoms with Gasteiger partial charge in [-0.1, -0.05) is 0 Å². The molecule has 100 valence electrons. The minimum Gasteiger partial charge on any atom is -0.461 e. The van der Waals surface area contributed by atoms with Crippen LogP contribution in [-0.4, -0.2) is 22.5 Å². The topological polar surface area (TPSA) is 55.0 Å². The van der Waals surface area contributed by atoms with E-state index >= 15 is 0 Å². The van der Waals surface area contributed by atoms with E-state index in [2.05, 4.69) is 25.9 Å². The van der Waals surface area contributed by atoms with Crippen LogP contribution in [0.15, 0.2) is 22.7 Å². The highest BCUT2D eigenvalue weighted by molar-refractivity contribution is 9.10. The number of H-pyrrole nitrogens is 1. The van der Waals surface area contributed by atoms with Crippen molar-refractivity contribution in [3.8, 4) is 11.4 Å². The van der Waals surface area contributed by atoms with E-state index < -0.39 is 5.97 Å². The SMILES string of the molecule is CCOC(=O)c1nc(-c2ccc(Br)c(F)c2)[nH]c1C. The molecule has 1 heterocycles. The number of nitrogens with one attached hydrogen (secondary N) is 1. The standard InChI is InChI=1S/C13H12BrFN2O2/c1-3-19-13(18)11-7(2)16-12(17-11)8-4-5-9(14)10(15)6-8/h4-6H,3H2,1-2H3,(H,16,17). The molecule has 6 heteroatoms. The lowest BCUT2D eigenvalue weighted by molar-refractivity contribution is 0.0519. The normalized spacial score (nSPS) is 10.5. The molecular formula is C13H12BrFN2O2. The molecule has 0 saturated carbocycles. The Labute approximate surface area is 118 Å². The zero-order valence-electron chi connectivity index (χ0n) is 10.5. The molecule has 1 aromatic carbocycles. The third-order valence-corrected chi connectivity index (χ3v) is 3.19. The molecule has 0 fully saturated rings. The highest BCUT2D eigenvalue weighted by atomic mass is 79.9. The van der Waals surface area contributed by atoms with Crippen LogP contribution in [0.5, 0.6) is 0 Å². The number of carbonyl (C=O) groups excluding carboxylic acids is 1. The Balaban J connectivity index is 2.38. The number of aromatic amines is 1. The van der Waals surface area contributed by atoms with Gasteiger partial charge in [0.1, 0.15) is 11.6 Å². The first kappa shape index (κ1) is 13.7. The van der Waals surface area contributed by atoms with Crippen LogP contribution in [-0.2, 0) is 4.74 Å². The first-order valence-electron chi connectivity index (χ1n) is 5.72. The van der Waals surface area contributed by atoms with Crippen molar-refractivity contribution in [3.05, 3.63) is 39.9 Å². The number of aryl methyl sites for hydroxylation is 1. The van der Waals surface area contributed by atoms with E-state index in [0.29, 0.717) is 21.6 Å². The number of nitrogens with zero attached hydrogens (tertiary/aromatic N) is 1. The predicted molar refractivity (Wildman–Crippen MR) is 72.4 cm³/mol. The van der Waals surface area contributed by atoms with Crippen LogP contribution in [0.3, 0.4) is 0 Å². The van der Waals surface area contributed by atoms with Gasteiger partial charge in [-0.05, 0) is 48.0 Å². The minimum absolute atomic E-state index is 0.222. The Hall–Kier alpha value is -1.69. The number of imidazole rings is 1. The second-order valence-corrected chi connectivity index (χ2v) is 4.76. The van der Waals surface area contributed by atoms with E-state index in [9.17, 15) is 9.18 Å². The Morgan fingerprint density at radius 2 is 2.26 bits per heavy atom. The van der Waals surface area contributed by atoms with Gasteiger partial charge in [-0.25, -0.2) is 14.2 Å². The lowest BCUT2D eigenvalue weighted by Gasteiger charge is -1.99. The fraction of sp³-hybridized carbons (Fsp3) is 0.231. The van der Waals surface area contributed by atoms with Gasteiger partial charge in [-0.2, -0.15) is 0 Å². The summed E-state index contributed by atoms with van der Waals surface area (Å²) in [6, 6.07) is 4.64. The van der Waals surface area contributed by atoms with Crippen LogP contribution in [0.25, 0.3) is 11.4 Å². The summed E-state index contributed by atoms with van der Waals surface area (Å²) in [6.07, 6.45) is 0. The third kappa shape index (κ3) is 2.84. The molecule has 0 saturated heterocycles. The number of aromatic nitrogens is 2. The number of ether oxygens (including phenoxy) is 1. The van der Waals surface area contributed by atoms with Gasteiger partial charge in [0, 0.05) is 11.3 Å². The van der Waals surface area contributed by atoms with Crippen molar-refractivity contribution >= 4 is 21.9 Å². The molecule has 0 aliphatic rings. The zero-order chi connectivity index (χ0) is 14.0. The summed E-state index contributed by atoms with van der Waals surface area (Å²) in [7, 11) is 0. The van der Waals surface area contributed by atoms with E-state index in [1.807, 2.05) is 0 Å². The largest absolute Gasteiger partial charge is 0.461 e. The summed E-state index contributed by atoms with van der Waals surface area (Å²) < 4.78 is 18.7. The van der Waals surface area contributed by atoms with E-state index in [1.165, 1.54) is 6.07 Å². The van der Waals surface area contributed by atoms with Crippen molar-refractivity contribution in [1.29, 1.82) is 0 Å². The fourth-order valence-electron chi connectivity index (χ4n) is 1.64. The Morgan fingerprint density at radius 1 is 1.53 bits per heavy atom. The molecule has 4 nitrogen and oxygen atoms in total. The number of esters is 1. The maximum Gasteiger partial charge on any atom is 0.358 e. The molecule has 0 spiro atoms. The van der Waals surface area contributed by atoms with Crippen molar-refractivity contribution in [3.63, 3.8) is 0 Å². The number of rotatable bonds is 3. The number of hydrogen-bond acceptors (Lipinski definition) is 3. The lowest BCUT2D eigenvalue weighted by Crippen LogP contribution is -2.06. The third-order valence-electron chi connectivity index (χ3n) is 2.55. The van der Waals surface area contributed by atoms with Crippen LogP contribution >= 0.6 is 15.9 Å². The summed E-state index contributed by atoms with van der Waals surface area (Å²) >= 11 is 3.09. The monoisotopic (exact) mass is 326 g/mol. The Morgan fingerprint density at radius 3 is 2.89 bits per heavy atom. The maximum atomic E-state index is 13.5. The van der Waals surface area contributed by atoms with E-state index in [1.54, 1.807) is 26.0 Å². The highest BCUT2D eigenvalue weighted by Crippen LogP contribution is 2.23. The molecule has 0 aliphatic carbocycles. The van der Waals surface area contributed by atoms with Crippen molar-refractivity contribution in [1.82, 2.24) is 9.97 Å². The van der Waals surface area contributed by atoms with E-state index in [4.69, 9.17) is 4.74 Å². The average molecular weight is 327 g/mol. The highest BCUT2D eigenvalue weighted by Gasteiger charge is 2.17. The predicted octanol–water partition coefficient (Wildman–Crippen LogP) is 3.46. The Bertz CT molecular complexity index is 625. The summed E-state index contributed by atoms with van der Waals surface area (Å²) in [5, 5.41) is 0. The van der Waals surface area contributed by atoms with E-state index in [-0.39, 0.29) is 18.1 Å². The molecule has 1 aromatic heterocycles. The molecule has 0 radical (unpaired) electrons. The minimum atomic E-state index is -0.486. The molecule has 1 N–H and O–H groups in total. The second-order valence-electron chi connectivity index (χ2n) is 3.91. The molecule has 2 aromatic rings. The van der Waals surface area contributed by atoms with Gasteiger partial charge >= 0.3 is 5.97 Å². The maximum absolute atomic E-state index is 13.5. The molecular weight excluding hydrogens is 315 g/mol. The average Bonchev–Trinajstić information content (AvgIpc) is 2.75. The molecule has 19 heavy (non-hydrogen) atoms. The zero-order valence-corrected chi connectivity index (χ0v) is 12.0. The van der Waals surface area contributed by atoms with Crippen molar-refractivity contribution in [2.24, 2.45) is 0 Å². The summed E-state index contributed by atoms with van der Waals surface area (Å²) in [6.45, 7) is 3.73. The van der Waals surface area contributed by atoms with Crippen molar-refractivity contribution in [2.45, 2.75) is 13.8 Å². The van der Waals surface area contributed by atoms with Crippen molar-refractivity contribution in [2.75, 3.05) is 6.61 Å². The van der Waals surface area contributed by atoms with Gasteiger partial charge in [0.25, 0.3) is 0 Å². The summed E-state index contributed by atoms with van der Waals surface area (Å²) in [5.41, 5.74) is 1.39. The number of carbonyl (C=O) groups is 1. The van der Waals surface area contributed by atoms with Gasteiger partial charge in [-0.15, -0.1) is 0 Å². The molecule has 0 unspecified atom stereocenters. The van der Waals surface area contributed by atoms with Crippen LogP contribution in [0, 0.1) is 12.7 Å². The molecule has 0 atom stereocenters. The number of halogens is 2. The van der Waals surface area contributed by atoms with Gasteiger partial charge in [0.05, 0.1) is 11.1 Å². The van der Waals surface area contributed by atoms with Gasteiger partial charge in [-0.3, -0.25) is 0 Å². The molecule has 2 rings (SSSR count). The first-order valence-corrected chi connectivity index (χ1v) is 6.51.